The smallest absolute Gasteiger partial charge is 0.326 e. The van der Waals surface area contributed by atoms with Crippen LogP contribution in [0.3, 0.4) is 0 Å². The average Bonchev–Trinajstić information content (AvgIpc) is 3.10. The Morgan fingerprint density at radius 2 is 1.58 bits per heavy atom. The lowest BCUT2D eigenvalue weighted by Crippen LogP contribution is -2.41. The monoisotopic (exact) mass is 420 g/mol. The lowest BCUT2D eigenvalue weighted by atomic mass is 9.86. The van der Waals surface area contributed by atoms with Gasteiger partial charge in [-0.05, 0) is 18.6 Å². The van der Waals surface area contributed by atoms with Crippen LogP contribution in [0.15, 0.2) is 48.7 Å². The van der Waals surface area contributed by atoms with Gasteiger partial charge in [0.2, 0.25) is 5.78 Å². The van der Waals surface area contributed by atoms with Gasteiger partial charge in [0.1, 0.15) is 11.7 Å². The van der Waals surface area contributed by atoms with Crippen LogP contribution in [0.2, 0.25) is 0 Å². The fraction of sp³-hybridized carbons (Fsp3) is 0.136. The maximum Gasteiger partial charge on any atom is 0.326 e. The molecule has 31 heavy (non-hydrogen) atoms. The predicted molar refractivity (Wildman–Crippen MR) is 106 cm³/mol. The number of pyridine rings is 1. The highest BCUT2D eigenvalue weighted by molar-refractivity contribution is 6.32. The van der Waals surface area contributed by atoms with E-state index in [1.807, 2.05) is 0 Å². The highest BCUT2D eigenvalue weighted by Gasteiger charge is 2.38. The molecular formula is C22H16N2O7. The largest absolute Gasteiger partial charge is 0.481 e. The molecule has 9 nitrogen and oxygen atoms in total. The average molecular weight is 420 g/mol. The molecule has 1 aliphatic rings. The van der Waals surface area contributed by atoms with Crippen LogP contribution in [0.1, 0.15) is 55.2 Å². The number of hydrogen-bond acceptors (Lipinski definition) is 5. The van der Waals surface area contributed by atoms with Crippen molar-refractivity contribution in [3.63, 3.8) is 0 Å². The predicted octanol–water partition coefficient (Wildman–Crippen LogP) is 1.76. The number of aromatic nitrogens is 1. The third-order valence-corrected chi connectivity index (χ3v) is 5.18. The molecule has 1 atom stereocenters. The van der Waals surface area contributed by atoms with Crippen molar-refractivity contribution in [2.75, 3.05) is 0 Å². The van der Waals surface area contributed by atoms with E-state index in [0.29, 0.717) is 0 Å². The summed E-state index contributed by atoms with van der Waals surface area (Å²) in [7, 11) is 0. The van der Waals surface area contributed by atoms with Gasteiger partial charge in [0.15, 0.2) is 5.78 Å². The number of fused-ring (bicyclic) bond motifs is 4. The molecule has 0 fully saturated rings. The molecule has 0 aliphatic heterocycles. The Morgan fingerprint density at radius 3 is 2.23 bits per heavy atom. The Hall–Kier alpha value is -4.27. The molecule has 1 amide bonds. The van der Waals surface area contributed by atoms with Crippen LogP contribution in [-0.2, 0) is 9.59 Å². The number of carboxylic acids is 2. The fourth-order valence-electron chi connectivity index (χ4n) is 3.78. The summed E-state index contributed by atoms with van der Waals surface area (Å²) in [6, 6.07) is 9.61. The van der Waals surface area contributed by atoms with Crippen LogP contribution in [-0.4, -0.2) is 50.1 Å². The standard InChI is InChI=1S/C22H16N2O7/c25-15(26)9-8-13(22(30)31)23-21(29)16-14-7-3-4-10-24(14)18-17(16)19(27)11-5-1-2-6-12(11)20(18)28/h1-7,10,13H,8-9H2,(H,23,29)(H,25,26)(H,30,31). The van der Waals surface area contributed by atoms with Crippen molar-refractivity contribution < 1.29 is 34.2 Å². The second-order valence-electron chi connectivity index (χ2n) is 7.06. The van der Waals surface area contributed by atoms with Crippen LogP contribution in [0, 0.1) is 0 Å². The van der Waals surface area contributed by atoms with Gasteiger partial charge >= 0.3 is 11.9 Å². The van der Waals surface area contributed by atoms with Crippen LogP contribution < -0.4 is 5.32 Å². The zero-order chi connectivity index (χ0) is 22.3. The van der Waals surface area contributed by atoms with Crippen molar-refractivity contribution in [3.05, 3.63) is 76.6 Å². The zero-order valence-electron chi connectivity index (χ0n) is 16.0. The van der Waals surface area contributed by atoms with Crippen molar-refractivity contribution in [1.29, 1.82) is 0 Å². The van der Waals surface area contributed by atoms with E-state index in [4.69, 9.17) is 5.11 Å². The van der Waals surface area contributed by atoms with E-state index in [1.165, 1.54) is 16.5 Å². The number of ketones is 2. The fourth-order valence-corrected chi connectivity index (χ4v) is 3.78. The number of amides is 1. The summed E-state index contributed by atoms with van der Waals surface area (Å²) < 4.78 is 1.44. The Bertz CT molecular complexity index is 1290. The molecule has 0 saturated carbocycles. The summed E-state index contributed by atoms with van der Waals surface area (Å²) in [4.78, 5) is 61.8. The van der Waals surface area contributed by atoms with Crippen molar-refractivity contribution in [3.8, 4) is 0 Å². The lowest BCUT2D eigenvalue weighted by molar-refractivity contribution is -0.140. The van der Waals surface area contributed by atoms with E-state index in [2.05, 4.69) is 5.32 Å². The number of rotatable bonds is 6. The molecule has 3 aromatic rings. The number of carbonyl (C=O) groups is 5. The Morgan fingerprint density at radius 1 is 0.935 bits per heavy atom. The summed E-state index contributed by atoms with van der Waals surface area (Å²) >= 11 is 0. The molecule has 2 aromatic heterocycles. The van der Waals surface area contributed by atoms with Gasteiger partial charge in [0.05, 0.1) is 16.6 Å². The van der Waals surface area contributed by atoms with E-state index < -0.39 is 41.9 Å². The third kappa shape index (κ3) is 3.25. The normalized spacial score (nSPS) is 13.4. The highest BCUT2D eigenvalue weighted by atomic mass is 16.4. The number of hydrogen-bond donors (Lipinski definition) is 3. The van der Waals surface area contributed by atoms with E-state index in [-0.39, 0.29) is 39.9 Å². The minimum absolute atomic E-state index is 0.0295. The molecule has 1 unspecified atom stereocenters. The highest BCUT2D eigenvalue weighted by Crippen LogP contribution is 2.33. The van der Waals surface area contributed by atoms with Gasteiger partial charge in [0, 0.05) is 23.7 Å². The number of nitrogens with zero attached hydrogens (tertiary/aromatic N) is 1. The third-order valence-electron chi connectivity index (χ3n) is 5.18. The summed E-state index contributed by atoms with van der Waals surface area (Å²) in [5.41, 5.74) is 0.453. The first-order valence-electron chi connectivity index (χ1n) is 9.38. The molecular weight excluding hydrogens is 404 g/mol. The molecule has 0 bridgehead atoms. The first kappa shape index (κ1) is 20.0. The topological polar surface area (TPSA) is 142 Å². The minimum Gasteiger partial charge on any atom is -0.481 e. The van der Waals surface area contributed by atoms with Crippen molar-refractivity contribution in [2.45, 2.75) is 18.9 Å². The number of nitrogens with one attached hydrogen (secondary N) is 1. The van der Waals surface area contributed by atoms with Crippen LogP contribution in [0.4, 0.5) is 0 Å². The Kier molecular flexibility index (Phi) is 4.86. The molecule has 3 N–H and O–H groups in total. The SMILES string of the molecule is O=C(O)CCC(NC(=O)c1c2c(n3ccccc13)C(=O)c1ccccc1C2=O)C(=O)O. The van der Waals surface area contributed by atoms with Gasteiger partial charge in [-0.15, -0.1) is 0 Å². The Balaban J connectivity index is 1.85. The van der Waals surface area contributed by atoms with E-state index >= 15 is 0 Å². The van der Waals surface area contributed by atoms with E-state index in [9.17, 15) is 29.1 Å². The van der Waals surface area contributed by atoms with E-state index in [0.717, 1.165) is 0 Å². The van der Waals surface area contributed by atoms with Crippen LogP contribution in [0.5, 0.6) is 0 Å². The maximum atomic E-state index is 13.2. The van der Waals surface area contributed by atoms with Gasteiger partial charge in [-0.2, -0.15) is 0 Å². The van der Waals surface area contributed by atoms with E-state index in [1.54, 1.807) is 36.5 Å². The number of aliphatic carboxylic acids is 2. The van der Waals surface area contributed by atoms with Crippen LogP contribution >= 0.6 is 0 Å². The van der Waals surface area contributed by atoms with Gasteiger partial charge in [0.25, 0.3) is 5.91 Å². The van der Waals surface area contributed by atoms with Crippen molar-refractivity contribution in [1.82, 2.24) is 9.72 Å². The van der Waals surface area contributed by atoms with Crippen LogP contribution in [0.25, 0.3) is 5.52 Å². The van der Waals surface area contributed by atoms with Crippen molar-refractivity contribution in [2.24, 2.45) is 0 Å². The van der Waals surface area contributed by atoms with Crippen molar-refractivity contribution >= 4 is 34.9 Å². The second-order valence-corrected chi connectivity index (χ2v) is 7.06. The first-order valence-corrected chi connectivity index (χ1v) is 9.38. The van der Waals surface area contributed by atoms with Gasteiger partial charge in [-0.3, -0.25) is 19.2 Å². The summed E-state index contributed by atoms with van der Waals surface area (Å²) in [5.74, 6) is -4.42. The maximum absolute atomic E-state index is 13.2. The molecule has 1 aliphatic carbocycles. The summed E-state index contributed by atoms with van der Waals surface area (Å²) in [6.45, 7) is 0. The lowest BCUT2D eigenvalue weighted by Gasteiger charge is -2.17. The minimum atomic E-state index is -1.47. The number of carbonyl (C=O) groups excluding carboxylic acids is 3. The molecule has 4 rings (SSSR count). The summed E-state index contributed by atoms with van der Waals surface area (Å²) in [6.07, 6.45) is 0.750. The number of benzene rings is 1. The molecule has 0 saturated heterocycles. The molecule has 0 spiro atoms. The van der Waals surface area contributed by atoms with Gasteiger partial charge in [-0.1, -0.05) is 30.3 Å². The molecule has 9 heteroatoms. The number of carboxylic acid groups (broad SMARTS) is 2. The molecule has 2 heterocycles. The molecule has 1 aromatic carbocycles. The van der Waals surface area contributed by atoms with Gasteiger partial charge in [-0.25, -0.2) is 4.79 Å². The Labute approximate surface area is 174 Å². The summed E-state index contributed by atoms with van der Waals surface area (Å²) in [5, 5.41) is 20.5. The quantitative estimate of drug-likeness (QED) is 0.431. The van der Waals surface area contributed by atoms with Gasteiger partial charge < -0.3 is 19.9 Å². The molecule has 0 radical (unpaired) electrons. The zero-order valence-corrected chi connectivity index (χ0v) is 16.0. The second kappa shape index (κ2) is 7.52. The molecule has 156 valence electrons. The first-order chi connectivity index (χ1) is 14.8.